The molecule has 4 unspecified atom stereocenters. The van der Waals surface area contributed by atoms with Crippen molar-refractivity contribution >= 4 is 11.6 Å². The normalized spacial score (nSPS) is 59.1. The van der Waals surface area contributed by atoms with E-state index in [0.717, 1.165) is 18.4 Å². The van der Waals surface area contributed by atoms with E-state index < -0.39 is 23.3 Å². The Balaban J connectivity index is 1.64. The van der Waals surface area contributed by atoms with Gasteiger partial charge in [0, 0.05) is 10.8 Å². The molecule has 4 fully saturated rings. The summed E-state index contributed by atoms with van der Waals surface area (Å²) >= 11 is 0. The average molecular weight is 344 g/mol. The van der Waals surface area contributed by atoms with Crippen molar-refractivity contribution in [2.24, 2.45) is 34.5 Å². The van der Waals surface area contributed by atoms with Gasteiger partial charge >= 0.3 is 0 Å². The fraction of sp³-hybridized carbons (Fsp3) is 0.714. The molecule has 9 atom stereocenters. The zero-order valence-corrected chi connectivity index (χ0v) is 15.0. The third kappa shape index (κ3) is 1.50. The summed E-state index contributed by atoms with van der Waals surface area (Å²) in [6, 6.07) is 0. The van der Waals surface area contributed by atoms with Gasteiger partial charge in [0.15, 0.2) is 23.8 Å². The van der Waals surface area contributed by atoms with Crippen LogP contribution in [-0.2, 0) is 14.3 Å². The van der Waals surface area contributed by atoms with Crippen LogP contribution in [0.5, 0.6) is 0 Å². The molecule has 0 radical (unpaired) electrons. The van der Waals surface area contributed by atoms with Crippen LogP contribution in [0.4, 0.5) is 4.39 Å². The second-order valence-electron chi connectivity index (χ2n) is 9.38. The molecule has 3 saturated carbocycles. The molecule has 5 aliphatic rings. The fourth-order valence-corrected chi connectivity index (χ4v) is 7.19. The smallest absolute Gasteiger partial charge is 0.187 e. The fourth-order valence-electron chi connectivity index (χ4n) is 7.19. The minimum absolute atomic E-state index is 0.0322. The summed E-state index contributed by atoms with van der Waals surface area (Å²) in [6.45, 7) is 10.6. The average Bonchev–Trinajstić information content (AvgIpc) is 3.30. The lowest BCUT2D eigenvalue weighted by Gasteiger charge is -2.59. The van der Waals surface area contributed by atoms with E-state index in [4.69, 9.17) is 4.74 Å². The van der Waals surface area contributed by atoms with Gasteiger partial charge in [0.05, 0.1) is 0 Å². The standard InChI is InChI=1S/C21H25FO3/c1-10-11(2)21-18(25-21)15(23)6-8-20(21,4)12-5-7-19(3)13(16(10)12)9-14(22)17(19)24/h6,8,10,12-14,16,18H,2,5,7,9H2,1,3-4H3/t10?,12-,13+,14?,16-,18?,19+,20-,21?/m1/s1. The van der Waals surface area contributed by atoms with Crippen molar-refractivity contribution in [1.29, 1.82) is 0 Å². The van der Waals surface area contributed by atoms with E-state index in [-0.39, 0.29) is 34.7 Å². The number of alkyl halides is 1. The van der Waals surface area contributed by atoms with Crippen LogP contribution < -0.4 is 0 Å². The van der Waals surface area contributed by atoms with Gasteiger partial charge in [-0.2, -0.15) is 0 Å². The molecular weight excluding hydrogens is 319 g/mol. The Morgan fingerprint density at radius 3 is 2.72 bits per heavy atom. The molecule has 0 aromatic heterocycles. The first-order chi connectivity index (χ1) is 11.7. The zero-order chi connectivity index (χ0) is 17.9. The van der Waals surface area contributed by atoms with Crippen molar-refractivity contribution in [2.45, 2.75) is 57.9 Å². The van der Waals surface area contributed by atoms with E-state index >= 15 is 0 Å². The predicted molar refractivity (Wildman–Crippen MR) is 90.5 cm³/mol. The Hall–Kier alpha value is -1.29. The number of halogens is 1. The summed E-state index contributed by atoms with van der Waals surface area (Å²) in [5.74, 6) is 0.523. The Morgan fingerprint density at radius 2 is 2.00 bits per heavy atom. The first kappa shape index (κ1) is 15.9. The molecule has 0 aromatic rings. The van der Waals surface area contributed by atoms with Gasteiger partial charge in [-0.3, -0.25) is 9.59 Å². The lowest BCUT2D eigenvalue weighted by atomic mass is 9.43. The molecule has 4 heteroatoms. The topological polar surface area (TPSA) is 46.7 Å². The van der Waals surface area contributed by atoms with E-state index in [1.165, 1.54) is 0 Å². The van der Waals surface area contributed by atoms with Crippen LogP contribution in [0.15, 0.2) is 24.3 Å². The molecule has 5 rings (SSSR count). The van der Waals surface area contributed by atoms with Crippen molar-refractivity contribution < 1.29 is 18.7 Å². The number of hydrogen-bond acceptors (Lipinski definition) is 3. The van der Waals surface area contributed by atoms with E-state index in [9.17, 15) is 14.0 Å². The number of ketones is 2. The largest absolute Gasteiger partial charge is 0.352 e. The molecule has 1 heterocycles. The summed E-state index contributed by atoms with van der Waals surface area (Å²) in [5, 5.41) is 0. The zero-order valence-electron chi connectivity index (χ0n) is 15.0. The Bertz CT molecular complexity index is 756. The molecule has 25 heavy (non-hydrogen) atoms. The Labute approximate surface area is 147 Å². The van der Waals surface area contributed by atoms with Crippen LogP contribution in [0, 0.1) is 34.5 Å². The molecular formula is C21H25FO3. The first-order valence-corrected chi connectivity index (χ1v) is 9.47. The lowest BCUT2D eigenvalue weighted by molar-refractivity contribution is -0.137. The Morgan fingerprint density at radius 1 is 1.28 bits per heavy atom. The van der Waals surface area contributed by atoms with Gasteiger partial charge in [0.25, 0.3) is 0 Å². The van der Waals surface area contributed by atoms with Gasteiger partial charge in [0.1, 0.15) is 5.60 Å². The number of rotatable bonds is 0. The van der Waals surface area contributed by atoms with Crippen molar-refractivity contribution in [1.82, 2.24) is 0 Å². The highest BCUT2D eigenvalue weighted by molar-refractivity contribution is 5.99. The highest BCUT2D eigenvalue weighted by Crippen LogP contribution is 2.73. The number of fused-ring (bicyclic) bond motifs is 4. The van der Waals surface area contributed by atoms with Crippen LogP contribution in [0.25, 0.3) is 0 Å². The van der Waals surface area contributed by atoms with Crippen molar-refractivity contribution in [3.05, 3.63) is 24.3 Å². The molecule has 1 saturated heterocycles. The van der Waals surface area contributed by atoms with Gasteiger partial charge in [-0.05, 0) is 54.6 Å². The number of Topliss-reactive ketones (excluding diaryl/α,β-unsaturated/α-hetero) is 1. The maximum Gasteiger partial charge on any atom is 0.187 e. The summed E-state index contributed by atoms with van der Waals surface area (Å²) in [7, 11) is 0. The number of hydrogen-bond donors (Lipinski definition) is 0. The number of carbonyl (C=O) groups excluding carboxylic acids is 2. The molecule has 0 N–H and O–H groups in total. The summed E-state index contributed by atoms with van der Waals surface area (Å²) in [6.07, 6.45) is 3.92. The number of ether oxygens (including phenoxy) is 1. The molecule has 0 bridgehead atoms. The van der Waals surface area contributed by atoms with Crippen molar-refractivity contribution in [2.75, 3.05) is 0 Å². The first-order valence-electron chi connectivity index (χ1n) is 9.47. The molecule has 0 amide bonds. The molecule has 0 aromatic carbocycles. The SMILES string of the molecule is C=C1C(C)[C@@H]2[C@@H](CC[C@]3(C)C(=O)C(F)C[C@@H]23)[C@@]2(C)C=CC(=O)C3OC132. The lowest BCUT2D eigenvalue weighted by Crippen LogP contribution is -2.60. The summed E-state index contributed by atoms with van der Waals surface area (Å²) in [5.41, 5.74) is -0.449. The number of epoxide rings is 1. The molecule has 3 nitrogen and oxygen atoms in total. The van der Waals surface area contributed by atoms with Gasteiger partial charge < -0.3 is 4.74 Å². The highest BCUT2D eigenvalue weighted by Gasteiger charge is 2.78. The van der Waals surface area contributed by atoms with E-state index in [0.29, 0.717) is 12.3 Å². The van der Waals surface area contributed by atoms with Gasteiger partial charge in [-0.15, -0.1) is 0 Å². The molecule has 134 valence electrons. The molecule has 4 aliphatic carbocycles. The monoisotopic (exact) mass is 344 g/mol. The third-order valence-corrected chi connectivity index (χ3v) is 8.67. The summed E-state index contributed by atoms with van der Waals surface area (Å²) < 4.78 is 20.4. The predicted octanol–water partition coefficient (Wildman–Crippen LogP) is 3.43. The third-order valence-electron chi connectivity index (χ3n) is 8.67. The maximum absolute atomic E-state index is 14.4. The second-order valence-corrected chi connectivity index (χ2v) is 9.38. The quantitative estimate of drug-likeness (QED) is 0.500. The van der Waals surface area contributed by atoms with Gasteiger partial charge in [-0.25, -0.2) is 4.39 Å². The van der Waals surface area contributed by atoms with Crippen LogP contribution in [-0.4, -0.2) is 29.4 Å². The number of carbonyl (C=O) groups is 2. The summed E-state index contributed by atoms with van der Waals surface area (Å²) in [4.78, 5) is 24.7. The van der Waals surface area contributed by atoms with E-state index in [1.54, 1.807) is 6.08 Å². The van der Waals surface area contributed by atoms with Gasteiger partial charge in [-0.1, -0.05) is 33.4 Å². The molecule has 1 aliphatic heterocycles. The van der Waals surface area contributed by atoms with Crippen molar-refractivity contribution in [3.63, 3.8) is 0 Å². The minimum Gasteiger partial charge on any atom is -0.352 e. The van der Waals surface area contributed by atoms with Crippen molar-refractivity contribution in [3.8, 4) is 0 Å². The van der Waals surface area contributed by atoms with Crippen LogP contribution in [0.1, 0.15) is 40.0 Å². The Kier molecular flexibility index (Phi) is 2.76. The second kappa shape index (κ2) is 4.33. The van der Waals surface area contributed by atoms with E-state index in [1.807, 2.05) is 13.0 Å². The van der Waals surface area contributed by atoms with Crippen LogP contribution in [0.3, 0.4) is 0 Å². The highest BCUT2D eigenvalue weighted by atomic mass is 19.1. The van der Waals surface area contributed by atoms with E-state index in [2.05, 4.69) is 20.4 Å². The maximum atomic E-state index is 14.4. The van der Waals surface area contributed by atoms with Crippen LogP contribution in [0.2, 0.25) is 0 Å². The molecule has 1 spiro atoms. The minimum atomic E-state index is -1.33. The van der Waals surface area contributed by atoms with Crippen LogP contribution >= 0.6 is 0 Å². The van der Waals surface area contributed by atoms with Gasteiger partial charge in [0.2, 0.25) is 0 Å².